The highest BCUT2D eigenvalue weighted by atomic mass is 79.9. The molecule has 0 radical (unpaired) electrons. The standard InChI is InChI=1S/C17H28BrN3/c1-12(2)15-7-6-8-21(15)16-13(9-14(18)11-19-16)10-20-17(3,4)5/h9,11-12,15,20H,6-8,10H2,1-5H3. The highest BCUT2D eigenvalue weighted by Crippen LogP contribution is 2.31. The Bertz CT molecular complexity index is 479. The van der Waals surface area contributed by atoms with Crippen LogP contribution in [0.5, 0.6) is 0 Å². The summed E-state index contributed by atoms with van der Waals surface area (Å²) in [4.78, 5) is 7.24. The van der Waals surface area contributed by atoms with Gasteiger partial charge in [-0.05, 0) is 61.5 Å². The summed E-state index contributed by atoms with van der Waals surface area (Å²) in [5.74, 6) is 1.83. The summed E-state index contributed by atoms with van der Waals surface area (Å²) in [7, 11) is 0. The van der Waals surface area contributed by atoms with Crippen LogP contribution in [0.15, 0.2) is 16.7 Å². The van der Waals surface area contributed by atoms with Gasteiger partial charge in [0.1, 0.15) is 5.82 Å². The molecule has 0 spiro atoms. The van der Waals surface area contributed by atoms with Crippen molar-refractivity contribution in [1.29, 1.82) is 0 Å². The number of hydrogen-bond acceptors (Lipinski definition) is 3. The third kappa shape index (κ3) is 4.43. The Balaban J connectivity index is 2.26. The largest absolute Gasteiger partial charge is 0.353 e. The van der Waals surface area contributed by atoms with Crippen LogP contribution < -0.4 is 10.2 Å². The minimum Gasteiger partial charge on any atom is -0.353 e. The predicted molar refractivity (Wildman–Crippen MR) is 93.7 cm³/mol. The lowest BCUT2D eigenvalue weighted by atomic mass is 10.0. The Morgan fingerprint density at radius 2 is 2.14 bits per heavy atom. The van der Waals surface area contributed by atoms with Gasteiger partial charge in [0.05, 0.1) is 0 Å². The van der Waals surface area contributed by atoms with E-state index in [0.717, 1.165) is 23.4 Å². The van der Waals surface area contributed by atoms with Crippen LogP contribution in [0.25, 0.3) is 0 Å². The van der Waals surface area contributed by atoms with Gasteiger partial charge < -0.3 is 10.2 Å². The average molecular weight is 354 g/mol. The number of rotatable bonds is 4. The molecule has 1 aliphatic rings. The second kappa shape index (κ2) is 6.66. The van der Waals surface area contributed by atoms with Gasteiger partial charge in [0, 0.05) is 40.9 Å². The van der Waals surface area contributed by atoms with Crippen LogP contribution in [0.3, 0.4) is 0 Å². The van der Waals surface area contributed by atoms with Gasteiger partial charge in [-0.3, -0.25) is 0 Å². The minimum atomic E-state index is 0.113. The molecule has 21 heavy (non-hydrogen) atoms. The molecule has 118 valence electrons. The van der Waals surface area contributed by atoms with Crippen molar-refractivity contribution in [3.8, 4) is 0 Å². The Morgan fingerprint density at radius 1 is 1.43 bits per heavy atom. The lowest BCUT2D eigenvalue weighted by Gasteiger charge is -2.31. The van der Waals surface area contributed by atoms with Crippen LogP contribution in [-0.2, 0) is 6.54 Å². The molecule has 0 amide bonds. The van der Waals surface area contributed by atoms with E-state index in [0.29, 0.717) is 12.0 Å². The summed E-state index contributed by atoms with van der Waals surface area (Å²) in [6.45, 7) is 13.2. The van der Waals surface area contributed by atoms with Crippen molar-refractivity contribution in [3.05, 3.63) is 22.3 Å². The van der Waals surface area contributed by atoms with E-state index in [9.17, 15) is 0 Å². The zero-order valence-electron chi connectivity index (χ0n) is 13.9. The van der Waals surface area contributed by atoms with Crippen LogP contribution in [0, 0.1) is 5.92 Å². The zero-order valence-corrected chi connectivity index (χ0v) is 15.5. The van der Waals surface area contributed by atoms with Gasteiger partial charge in [-0.1, -0.05) is 13.8 Å². The van der Waals surface area contributed by atoms with Crippen LogP contribution in [-0.4, -0.2) is 23.1 Å². The second-order valence-corrected chi connectivity index (χ2v) is 8.30. The fraction of sp³-hybridized carbons (Fsp3) is 0.706. The summed E-state index contributed by atoms with van der Waals surface area (Å²) in [6, 6.07) is 2.82. The molecule has 0 bridgehead atoms. The van der Waals surface area contributed by atoms with Crippen LogP contribution in [0.1, 0.15) is 53.0 Å². The third-order valence-electron chi connectivity index (χ3n) is 4.06. The predicted octanol–water partition coefficient (Wildman–Crippen LogP) is 4.36. The number of anilines is 1. The molecule has 0 aliphatic carbocycles. The normalized spacial score (nSPS) is 19.6. The number of nitrogens with zero attached hydrogens (tertiary/aromatic N) is 2. The fourth-order valence-electron chi connectivity index (χ4n) is 2.97. The first kappa shape index (κ1) is 16.8. The topological polar surface area (TPSA) is 28.2 Å². The maximum absolute atomic E-state index is 4.73. The first-order chi connectivity index (χ1) is 9.78. The molecular formula is C17H28BrN3. The van der Waals surface area contributed by atoms with Crippen molar-refractivity contribution in [3.63, 3.8) is 0 Å². The summed E-state index contributed by atoms with van der Waals surface area (Å²) >= 11 is 3.56. The molecule has 1 atom stereocenters. The maximum Gasteiger partial charge on any atom is 0.133 e. The van der Waals surface area contributed by atoms with Gasteiger partial charge in [0.2, 0.25) is 0 Å². The van der Waals surface area contributed by atoms with E-state index >= 15 is 0 Å². The maximum atomic E-state index is 4.73. The van der Waals surface area contributed by atoms with E-state index in [1.807, 2.05) is 6.20 Å². The van der Waals surface area contributed by atoms with Crippen molar-refractivity contribution >= 4 is 21.7 Å². The molecule has 2 rings (SSSR count). The molecule has 2 heterocycles. The van der Waals surface area contributed by atoms with Crippen molar-refractivity contribution in [2.45, 2.75) is 65.6 Å². The molecular weight excluding hydrogens is 326 g/mol. The van der Waals surface area contributed by atoms with Gasteiger partial charge in [0.25, 0.3) is 0 Å². The Labute approximate surface area is 137 Å². The smallest absolute Gasteiger partial charge is 0.133 e. The molecule has 1 aromatic rings. The Morgan fingerprint density at radius 3 is 2.76 bits per heavy atom. The summed E-state index contributed by atoms with van der Waals surface area (Å²) in [5, 5.41) is 3.59. The van der Waals surface area contributed by atoms with Crippen LogP contribution in [0.4, 0.5) is 5.82 Å². The van der Waals surface area contributed by atoms with Crippen LogP contribution >= 0.6 is 15.9 Å². The van der Waals surface area contributed by atoms with E-state index < -0.39 is 0 Å². The van der Waals surface area contributed by atoms with E-state index in [1.165, 1.54) is 18.4 Å². The molecule has 0 aromatic carbocycles. The van der Waals surface area contributed by atoms with Gasteiger partial charge in [-0.15, -0.1) is 0 Å². The van der Waals surface area contributed by atoms with E-state index in [-0.39, 0.29) is 5.54 Å². The van der Waals surface area contributed by atoms with Gasteiger partial charge >= 0.3 is 0 Å². The molecule has 1 fully saturated rings. The Kier molecular flexibility index (Phi) is 5.31. The molecule has 1 unspecified atom stereocenters. The fourth-order valence-corrected chi connectivity index (χ4v) is 3.35. The first-order valence-electron chi connectivity index (χ1n) is 7.94. The van der Waals surface area contributed by atoms with Crippen molar-refractivity contribution in [2.24, 2.45) is 5.92 Å². The van der Waals surface area contributed by atoms with Gasteiger partial charge in [0.15, 0.2) is 0 Å². The SMILES string of the molecule is CC(C)C1CCCN1c1ncc(Br)cc1CNC(C)(C)C. The number of nitrogens with one attached hydrogen (secondary N) is 1. The van der Waals surface area contributed by atoms with Crippen molar-refractivity contribution in [1.82, 2.24) is 10.3 Å². The average Bonchev–Trinajstić information content (AvgIpc) is 2.84. The van der Waals surface area contributed by atoms with Crippen molar-refractivity contribution < 1.29 is 0 Å². The number of pyridine rings is 1. The first-order valence-corrected chi connectivity index (χ1v) is 8.73. The molecule has 1 saturated heterocycles. The number of hydrogen-bond donors (Lipinski definition) is 1. The van der Waals surface area contributed by atoms with Gasteiger partial charge in [-0.25, -0.2) is 4.98 Å². The van der Waals surface area contributed by atoms with Gasteiger partial charge in [-0.2, -0.15) is 0 Å². The van der Waals surface area contributed by atoms with E-state index in [4.69, 9.17) is 4.98 Å². The number of halogens is 1. The summed E-state index contributed by atoms with van der Waals surface area (Å²) in [6.07, 6.45) is 4.47. The Hall–Kier alpha value is -0.610. The lowest BCUT2D eigenvalue weighted by Crippen LogP contribution is -2.38. The number of aromatic nitrogens is 1. The molecule has 1 N–H and O–H groups in total. The third-order valence-corrected chi connectivity index (χ3v) is 4.49. The van der Waals surface area contributed by atoms with E-state index in [2.05, 4.69) is 66.8 Å². The zero-order chi connectivity index (χ0) is 15.6. The monoisotopic (exact) mass is 353 g/mol. The minimum absolute atomic E-state index is 0.113. The van der Waals surface area contributed by atoms with Crippen LogP contribution in [0.2, 0.25) is 0 Å². The van der Waals surface area contributed by atoms with Crippen molar-refractivity contribution in [2.75, 3.05) is 11.4 Å². The molecule has 1 aliphatic heterocycles. The second-order valence-electron chi connectivity index (χ2n) is 7.39. The lowest BCUT2D eigenvalue weighted by molar-refractivity contribution is 0.423. The summed E-state index contributed by atoms with van der Waals surface area (Å²) in [5.41, 5.74) is 1.40. The quantitative estimate of drug-likeness (QED) is 0.871. The molecule has 0 saturated carbocycles. The summed E-state index contributed by atoms with van der Waals surface area (Å²) < 4.78 is 1.05. The molecule has 1 aromatic heterocycles. The highest BCUT2D eigenvalue weighted by Gasteiger charge is 2.29. The van der Waals surface area contributed by atoms with E-state index in [1.54, 1.807) is 0 Å². The molecule has 4 heteroatoms. The molecule has 3 nitrogen and oxygen atoms in total. The highest BCUT2D eigenvalue weighted by molar-refractivity contribution is 9.10.